The average Bonchev–Trinajstić information content (AvgIpc) is 2.69. The van der Waals surface area contributed by atoms with Gasteiger partial charge >= 0.3 is 5.97 Å². The Morgan fingerprint density at radius 1 is 1.17 bits per heavy atom. The number of anilines is 1. The number of aliphatic carboxylic acids is 1. The minimum absolute atomic E-state index is 0.0585. The minimum Gasteiger partial charge on any atom is -0.481 e. The van der Waals surface area contributed by atoms with E-state index in [1.54, 1.807) is 4.90 Å². The summed E-state index contributed by atoms with van der Waals surface area (Å²) in [6, 6.07) is 9.63. The number of halogens is 2. The fraction of sp³-hybridized carbons (Fsp3) is 0.417. The number of amides is 1. The Balaban J connectivity index is 1.66. The number of nitrogens with zero attached hydrogens (tertiary/aromatic N) is 1. The van der Waals surface area contributed by atoms with E-state index in [9.17, 15) is 18.4 Å². The zero-order valence-corrected chi connectivity index (χ0v) is 17.2. The molecule has 4 nitrogen and oxygen atoms in total. The van der Waals surface area contributed by atoms with Crippen LogP contribution in [-0.4, -0.2) is 23.5 Å². The summed E-state index contributed by atoms with van der Waals surface area (Å²) >= 11 is 0. The highest BCUT2D eigenvalue weighted by Crippen LogP contribution is 2.30. The van der Waals surface area contributed by atoms with E-state index >= 15 is 0 Å². The summed E-state index contributed by atoms with van der Waals surface area (Å²) in [4.78, 5) is 25.0. The third-order valence-corrected chi connectivity index (χ3v) is 5.69. The molecule has 1 amide bonds. The summed E-state index contributed by atoms with van der Waals surface area (Å²) < 4.78 is 27.2. The first-order valence-corrected chi connectivity index (χ1v) is 10.4. The quantitative estimate of drug-likeness (QED) is 0.614. The van der Waals surface area contributed by atoms with Crippen LogP contribution in [0.15, 0.2) is 36.4 Å². The Bertz CT molecular complexity index is 929. The van der Waals surface area contributed by atoms with Crippen LogP contribution in [0.4, 0.5) is 14.5 Å². The number of carbonyl (C=O) groups excluding carboxylic acids is 1. The molecular formula is C24H27F2NO3. The average molecular weight is 415 g/mol. The van der Waals surface area contributed by atoms with Crippen molar-refractivity contribution in [3.63, 3.8) is 0 Å². The number of hydrogen-bond donors (Lipinski definition) is 1. The van der Waals surface area contributed by atoms with E-state index in [4.69, 9.17) is 5.11 Å². The van der Waals surface area contributed by atoms with Crippen LogP contribution in [0, 0.1) is 24.5 Å². The van der Waals surface area contributed by atoms with Crippen molar-refractivity contribution in [2.24, 2.45) is 5.92 Å². The van der Waals surface area contributed by atoms with Gasteiger partial charge < -0.3 is 10.0 Å². The lowest BCUT2D eigenvalue weighted by Gasteiger charge is -2.34. The molecule has 1 aliphatic heterocycles. The number of piperidine rings is 1. The van der Waals surface area contributed by atoms with Gasteiger partial charge in [0.25, 0.3) is 0 Å². The predicted molar refractivity (Wildman–Crippen MR) is 112 cm³/mol. The van der Waals surface area contributed by atoms with Crippen molar-refractivity contribution in [2.45, 2.75) is 51.9 Å². The zero-order chi connectivity index (χ0) is 21.7. The molecule has 0 aromatic heterocycles. The Kier molecular flexibility index (Phi) is 7.19. The van der Waals surface area contributed by atoms with Gasteiger partial charge in [0.1, 0.15) is 11.6 Å². The van der Waals surface area contributed by atoms with Crippen molar-refractivity contribution < 1.29 is 23.5 Å². The van der Waals surface area contributed by atoms with Crippen LogP contribution in [0.2, 0.25) is 0 Å². The Morgan fingerprint density at radius 2 is 1.97 bits per heavy atom. The zero-order valence-electron chi connectivity index (χ0n) is 17.2. The summed E-state index contributed by atoms with van der Waals surface area (Å²) in [6.45, 7) is 2.47. The van der Waals surface area contributed by atoms with Crippen LogP contribution in [0.3, 0.4) is 0 Å². The fourth-order valence-corrected chi connectivity index (χ4v) is 4.09. The molecule has 1 fully saturated rings. The van der Waals surface area contributed by atoms with Gasteiger partial charge in [-0.3, -0.25) is 9.59 Å². The van der Waals surface area contributed by atoms with Crippen molar-refractivity contribution in [3.05, 3.63) is 64.7 Å². The number of benzene rings is 2. The van der Waals surface area contributed by atoms with E-state index in [2.05, 4.69) is 0 Å². The molecule has 1 unspecified atom stereocenters. The highest BCUT2D eigenvalue weighted by molar-refractivity contribution is 5.94. The molecule has 0 aliphatic carbocycles. The molecular weight excluding hydrogens is 388 g/mol. The summed E-state index contributed by atoms with van der Waals surface area (Å²) in [6.07, 6.45) is 3.99. The maximum Gasteiger partial charge on any atom is 0.303 e. The molecule has 2 aromatic carbocycles. The highest BCUT2D eigenvalue weighted by Gasteiger charge is 2.28. The number of carboxylic acid groups (broad SMARTS) is 1. The summed E-state index contributed by atoms with van der Waals surface area (Å²) in [7, 11) is 0. The van der Waals surface area contributed by atoms with Gasteiger partial charge in [0.05, 0.1) is 0 Å². The smallest absolute Gasteiger partial charge is 0.303 e. The fourth-order valence-electron chi connectivity index (χ4n) is 4.09. The summed E-state index contributed by atoms with van der Waals surface area (Å²) in [5.41, 5.74) is 3.45. The van der Waals surface area contributed by atoms with Crippen LogP contribution < -0.4 is 4.90 Å². The van der Waals surface area contributed by atoms with E-state index in [0.717, 1.165) is 35.7 Å². The SMILES string of the molecule is Cc1cc(CCCCC(=O)O)ccc1N1CC(Cc2ccc(F)cc2F)CCC1=O. The molecule has 1 heterocycles. The van der Waals surface area contributed by atoms with Crippen molar-refractivity contribution in [2.75, 3.05) is 11.4 Å². The summed E-state index contributed by atoms with van der Waals surface area (Å²) in [5.74, 6) is -1.74. The molecule has 1 aliphatic rings. The van der Waals surface area contributed by atoms with Crippen LogP contribution >= 0.6 is 0 Å². The minimum atomic E-state index is -0.778. The molecule has 0 saturated carbocycles. The number of hydrogen-bond acceptors (Lipinski definition) is 2. The van der Waals surface area contributed by atoms with Gasteiger partial charge in [0.2, 0.25) is 5.91 Å². The molecule has 3 rings (SSSR count). The third kappa shape index (κ3) is 5.65. The van der Waals surface area contributed by atoms with E-state index in [0.29, 0.717) is 37.8 Å². The first-order valence-electron chi connectivity index (χ1n) is 10.4. The standard InChI is InChI=1S/C24H27F2NO3/c1-16-12-17(4-2-3-5-24(29)30)6-10-22(16)27-15-18(7-11-23(27)28)13-19-8-9-20(25)14-21(19)26/h6,8-10,12,14,18H,2-5,7,11,13,15H2,1H3,(H,29,30). The maximum atomic E-state index is 14.0. The van der Waals surface area contributed by atoms with E-state index < -0.39 is 17.6 Å². The Morgan fingerprint density at radius 3 is 2.67 bits per heavy atom. The van der Waals surface area contributed by atoms with Gasteiger partial charge in [0, 0.05) is 31.1 Å². The molecule has 160 valence electrons. The van der Waals surface area contributed by atoms with E-state index in [-0.39, 0.29) is 18.2 Å². The Labute approximate surface area is 175 Å². The van der Waals surface area contributed by atoms with Crippen molar-refractivity contribution in [1.82, 2.24) is 0 Å². The summed E-state index contributed by atoms with van der Waals surface area (Å²) in [5, 5.41) is 8.73. The third-order valence-electron chi connectivity index (χ3n) is 5.69. The number of carboxylic acids is 1. The second-order valence-corrected chi connectivity index (χ2v) is 8.07. The van der Waals surface area contributed by atoms with Crippen LogP contribution in [0.1, 0.15) is 48.8 Å². The van der Waals surface area contributed by atoms with Gasteiger partial charge in [-0.05, 0) is 73.8 Å². The van der Waals surface area contributed by atoms with Crippen molar-refractivity contribution in [3.8, 4) is 0 Å². The van der Waals surface area contributed by atoms with Crippen LogP contribution in [0.5, 0.6) is 0 Å². The second-order valence-electron chi connectivity index (χ2n) is 8.07. The number of rotatable bonds is 8. The molecule has 1 N–H and O–H groups in total. The van der Waals surface area contributed by atoms with Gasteiger partial charge in [-0.2, -0.15) is 0 Å². The first-order chi connectivity index (χ1) is 14.3. The van der Waals surface area contributed by atoms with Gasteiger partial charge in [-0.25, -0.2) is 8.78 Å². The van der Waals surface area contributed by atoms with Gasteiger partial charge in [-0.1, -0.05) is 18.2 Å². The van der Waals surface area contributed by atoms with Crippen LogP contribution in [-0.2, 0) is 22.4 Å². The molecule has 2 aromatic rings. The lowest BCUT2D eigenvalue weighted by Crippen LogP contribution is -2.41. The Hall–Kier alpha value is -2.76. The molecule has 0 bridgehead atoms. The molecule has 1 atom stereocenters. The first kappa shape index (κ1) is 21.9. The lowest BCUT2D eigenvalue weighted by molar-refractivity contribution is -0.137. The molecule has 1 saturated heterocycles. The number of carbonyl (C=O) groups is 2. The largest absolute Gasteiger partial charge is 0.481 e. The predicted octanol–water partition coefficient (Wildman–Crippen LogP) is 5.06. The van der Waals surface area contributed by atoms with Crippen molar-refractivity contribution >= 4 is 17.6 Å². The van der Waals surface area contributed by atoms with Crippen molar-refractivity contribution in [1.29, 1.82) is 0 Å². The second kappa shape index (κ2) is 9.83. The normalized spacial score (nSPS) is 16.7. The maximum absolute atomic E-state index is 14.0. The van der Waals surface area contributed by atoms with Gasteiger partial charge in [0.15, 0.2) is 0 Å². The topological polar surface area (TPSA) is 57.6 Å². The van der Waals surface area contributed by atoms with Crippen LogP contribution in [0.25, 0.3) is 0 Å². The van der Waals surface area contributed by atoms with E-state index in [1.807, 2.05) is 25.1 Å². The monoisotopic (exact) mass is 415 g/mol. The lowest BCUT2D eigenvalue weighted by atomic mass is 9.90. The molecule has 6 heteroatoms. The molecule has 30 heavy (non-hydrogen) atoms. The number of unbranched alkanes of at least 4 members (excludes halogenated alkanes) is 1. The van der Waals surface area contributed by atoms with E-state index in [1.165, 1.54) is 12.1 Å². The van der Waals surface area contributed by atoms with Gasteiger partial charge in [-0.15, -0.1) is 0 Å². The molecule has 0 radical (unpaired) electrons. The highest BCUT2D eigenvalue weighted by atomic mass is 19.1. The number of aryl methyl sites for hydroxylation is 2. The molecule has 0 spiro atoms.